The molecule has 0 bridgehead atoms. The van der Waals surface area contributed by atoms with E-state index in [0.29, 0.717) is 0 Å². The minimum atomic E-state index is -3.80. The van der Waals surface area contributed by atoms with Crippen LogP contribution in [0.3, 0.4) is 0 Å². The monoisotopic (exact) mass is 396 g/mol. The highest BCUT2D eigenvalue weighted by atomic mass is 32.2. The van der Waals surface area contributed by atoms with E-state index in [0.717, 1.165) is 4.88 Å². The van der Waals surface area contributed by atoms with E-state index in [2.05, 4.69) is 10.0 Å². The Bertz CT molecular complexity index is 894. The second-order valence-electron chi connectivity index (χ2n) is 5.88. The van der Waals surface area contributed by atoms with Gasteiger partial charge in [-0.25, -0.2) is 17.9 Å². The number of hydrogen-bond acceptors (Lipinski definition) is 5. The number of thiophene rings is 1. The summed E-state index contributed by atoms with van der Waals surface area (Å²) in [5.74, 6) is -1.80. The minimum Gasteiger partial charge on any atom is -0.480 e. The van der Waals surface area contributed by atoms with Crippen LogP contribution in [0.2, 0.25) is 0 Å². The first-order chi connectivity index (χ1) is 12.2. The molecule has 1 unspecified atom stereocenters. The molecular weight excluding hydrogens is 376 g/mol. The molecule has 1 aromatic carbocycles. The maximum Gasteiger partial charge on any atom is 0.329 e. The smallest absolute Gasteiger partial charge is 0.329 e. The zero-order chi connectivity index (χ0) is 19.4. The molecule has 0 saturated heterocycles. The van der Waals surface area contributed by atoms with Crippen molar-refractivity contribution in [3.8, 4) is 0 Å². The Hall–Kier alpha value is -2.23. The van der Waals surface area contributed by atoms with Gasteiger partial charge >= 0.3 is 5.97 Å². The largest absolute Gasteiger partial charge is 0.480 e. The Labute approximate surface area is 156 Å². The summed E-state index contributed by atoms with van der Waals surface area (Å²) in [5, 5.41) is 13.5. The molecule has 1 atom stereocenters. The van der Waals surface area contributed by atoms with E-state index in [1.165, 1.54) is 42.5 Å². The molecule has 0 saturated carbocycles. The summed E-state index contributed by atoms with van der Waals surface area (Å²) in [7, 11) is -3.80. The van der Waals surface area contributed by atoms with Gasteiger partial charge in [-0.3, -0.25) is 4.79 Å². The van der Waals surface area contributed by atoms with Crippen LogP contribution in [0.4, 0.5) is 0 Å². The first-order valence-electron chi connectivity index (χ1n) is 7.86. The molecule has 3 N–H and O–H groups in total. The van der Waals surface area contributed by atoms with E-state index in [9.17, 15) is 23.1 Å². The number of benzene rings is 1. The van der Waals surface area contributed by atoms with E-state index in [1.54, 1.807) is 6.92 Å². The standard InChI is InChI=1S/C17H20N2O5S2/c1-3-17(2,16(21)22)19-15(20)12-6-4-8-14(10-12)26(23,24)18-11-13-7-5-9-25-13/h4-10,18H,3,11H2,1-2H3,(H,19,20)(H,21,22). The van der Waals surface area contributed by atoms with Gasteiger partial charge in [0.25, 0.3) is 5.91 Å². The molecule has 1 amide bonds. The van der Waals surface area contributed by atoms with Crippen LogP contribution in [0, 0.1) is 0 Å². The van der Waals surface area contributed by atoms with Crippen molar-refractivity contribution >= 4 is 33.2 Å². The summed E-state index contributed by atoms with van der Waals surface area (Å²) >= 11 is 1.43. The van der Waals surface area contributed by atoms with Gasteiger partial charge in [0.1, 0.15) is 5.54 Å². The van der Waals surface area contributed by atoms with Crippen LogP contribution in [-0.4, -0.2) is 30.9 Å². The highest BCUT2D eigenvalue weighted by Crippen LogP contribution is 2.16. The highest BCUT2D eigenvalue weighted by molar-refractivity contribution is 7.89. The van der Waals surface area contributed by atoms with Crippen molar-refractivity contribution in [3.05, 3.63) is 52.2 Å². The molecule has 1 aromatic heterocycles. The Kier molecular flexibility index (Phi) is 6.17. The lowest BCUT2D eigenvalue weighted by molar-refractivity contribution is -0.143. The predicted octanol–water partition coefficient (Wildman–Crippen LogP) is 2.21. The number of aliphatic carboxylic acids is 1. The Balaban J connectivity index is 2.18. The van der Waals surface area contributed by atoms with Crippen LogP contribution in [0.5, 0.6) is 0 Å². The van der Waals surface area contributed by atoms with Crippen molar-refractivity contribution in [1.29, 1.82) is 0 Å². The summed E-state index contributed by atoms with van der Waals surface area (Å²) in [6, 6.07) is 9.12. The van der Waals surface area contributed by atoms with Crippen LogP contribution >= 0.6 is 11.3 Å². The number of nitrogens with one attached hydrogen (secondary N) is 2. The third-order valence-corrected chi connectivity index (χ3v) is 6.27. The molecular formula is C17H20N2O5S2. The molecule has 2 aromatic rings. The van der Waals surface area contributed by atoms with Crippen LogP contribution in [0.25, 0.3) is 0 Å². The number of carboxylic acid groups (broad SMARTS) is 1. The molecule has 1 heterocycles. The minimum absolute atomic E-state index is 0.0600. The van der Waals surface area contributed by atoms with Gasteiger partial charge in [-0.1, -0.05) is 19.1 Å². The van der Waals surface area contributed by atoms with E-state index in [4.69, 9.17) is 0 Å². The number of amides is 1. The molecule has 0 aliphatic heterocycles. The first kappa shape index (κ1) is 20.1. The van der Waals surface area contributed by atoms with Crippen molar-refractivity contribution in [1.82, 2.24) is 10.0 Å². The third kappa shape index (κ3) is 4.69. The Morgan fingerprint density at radius 3 is 2.54 bits per heavy atom. The van der Waals surface area contributed by atoms with E-state index < -0.39 is 27.4 Å². The predicted molar refractivity (Wildman–Crippen MR) is 98.6 cm³/mol. The molecule has 7 nitrogen and oxygen atoms in total. The zero-order valence-electron chi connectivity index (χ0n) is 14.4. The molecule has 9 heteroatoms. The van der Waals surface area contributed by atoms with E-state index >= 15 is 0 Å². The number of carbonyl (C=O) groups is 2. The van der Waals surface area contributed by atoms with Gasteiger partial charge in [0.2, 0.25) is 10.0 Å². The molecule has 140 valence electrons. The summed E-state index contributed by atoms with van der Waals surface area (Å²) in [6.07, 6.45) is 0.189. The van der Waals surface area contributed by atoms with E-state index in [-0.39, 0.29) is 23.4 Å². The highest BCUT2D eigenvalue weighted by Gasteiger charge is 2.33. The van der Waals surface area contributed by atoms with Gasteiger partial charge in [-0.15, -0.1) is 11.3 Å². The molecule has 0 radical (unpaired) electrons. The van der Waals surface area contributed by atoms with Crippen molar-refractivity contribution in [2.45, 2.75) is 37.2 Å². The van der Waals surface area contributed by atoms with Crippen LogP contribution in [0.1, 0.15) is 35.5 Å². The second kappa shape index (κ2) is 7.98. The number of sulfonamides is 1. The van der Waals surface area contributed by atoms with Crippen molar-refractivity contribution in [2.24, 2.45) is 0 Å². The van der Waals surface area contributed by atoms with Gasteiger partial charge in [0.15, 0.2) is 0 Å². The number of carboxylic acids is 1. The summed E-state index contributed by atoms with van der Waals surface area (Å²) < 4.78 is 27.3. The fourth-order valence-electron chi connectivity index (χ4n) is 2.08. The summed E-state index contributed by atoms with van der Waals surface area (Å²) in [5.41, 5.74) is -1.35. The molecule has 26 heavy (non-hydrogen) atoms. The average molecular weight is 396 g/mol. The Morgan fingerprint density at radius 1 is 1.23 bits per heavy atom. The van der Waals surface area contributed by atoms with Gasteiger partial charge in [-0.2, -0.15) is 0 Å². The topological polar surface area (TPSA) is 113 Å². The number of rotatable bonds is 8. The lowest BCUT2D eigenvalue weighted by atomic mass is 9.98. The van der Waals surface area contributed by atoms with Crippen LogP contribution < -0.4 is 10.0 Å². The van der Waals surface area contributed by atoms with Gasteiger partial charge in [0, 0.05) is 17.0 Å². The van der Waals surface area contributed by atoms with Crippen molar-refractivity contribution in [3.63, 3.8) is 0 Å². The molecule has 0 aliphatic rings. The summed E-state index contributed by atoms with van der Waals surface area (Å²) in [4.78, 5) is 24.5. The first-order valence-corrected chi connectivity index (χ1v) is 10.2. The normalized spacial score (nSPS) is 13.8. The van der Waals surface area contributed by atoms with Gasteiger partial charge < -0.3 is 10.4 Å². The van der Waals surface area contributed by atoms with Gasteiger partial charge in [0.05, 0.1) is 4.90 Å². The summed E-state index contributed by atoms with van der Waals surface area (Å²) in [6.45, 7) is 3.20. The SMILES string of the molecule is CCC(C)(NC(=O)c1cccc(S(=O)(=O)NCc2cccs2)c1)C(=O)O. The second-order valence-corrected chi connectivity index (χ2v) is 8.68. The maximum absolute atomic E-state index is 12.4. The van der Waals surface area contributed by atoms with Crippen LogP contribution in [0.15, 0.2) is 46.7 Å². The molecule has 0 spiro atoms. The molecule has 0 aliphatic carbocycles. The van der Waals surface area contributed by atoms with Crippen LogP contribution in [-0.2, 0) is 21.4 Å². The number of hydrogen-bond donors (Lipinski definition) is 3. The fraction of sp³-hybridized carbons (Fsp3) is 0.294. The van der Waals surface area contributed by atoms with Crippen molar-refractivity contribution in [2.75, 3.05) is 0 Å². The Morgan fingerprint density at radius 2 is 1.96 bits per heavy atom. The molecule has 2 rings (SSSR count). The quantitative estimate of drug-likeness (QED) is 0.633. The van der Waals surface area contributed by atoms with Crippen molar-refractivity contribution < 1.29 is 23.1 Å². The number of carbonyl (C=O) groups excluding carboxylic acids is 1. The molecule has 0 fully saturated rings. The third-order valence-electron chi connectivity index (χ3n) is 3.99. The zero-order valence-corrected chi connectivity index (χ0v) is 16.0. The average Bonchev–Trinajstić information content (AvgIpc) is 3.13. The van der Waals surface area contributed by atoms with E-state index in [1.807, 2.05) is 17.5 Å². The lowest BCUT2D eigenvalue weighted by Gasteiger charge is -2.24. The lowest BCUT2D eigenvalue weighted by Crippen LogP contribution is -2.51. The van der Waals surface area contributed by atoms with Gasteiger partial charge in [-0.05, 0) is 43.0 Å². The fourth-order valence-corrected chi connectivity index (χ4v) is 3.87. The maximum atomic E-state index is 12.4.